The lowest BCUT2D eigenvalue weighted by atomic mass is 10.00. The van der Waals surface area contributed by atoms with Crippen LogP contribution in [0.4, 0.5) is 0 Å². The Kier molecular flexibility index (Phi) is 4.88. The standard InChI is InChI=1S/C19H18N2O5/c1-26-13-9-15(20-16(10-13)19(24)25)18(23)21-8-4-5-12(11-21)14-6-2-3-7-17(14)22/h2-3,5-7,9-10,22H,4,8,11H2,1H3,(H,24,25). The number of para-hydroxylation sites is 1. The number of benzene rings is 1. The summed E-state index contributed by atoms with van der Waals surface area (Å²) >= 11 is 0. The third-order valence-electron chi connectivity index (χ3n) is 4.16. The fourth-order valence-corrected chi connectivity index (χ4v) is 2.86. The topological polar surface area (TPSA) is 100.0 Å². The molecule has 0 saturated heterocycles. The van der Waals surface area contributed by atoms with E-state index in [0.717, 1.165) is 5.57 Å². The number of hydrogen-bond donors (Lipinski definition) is 2. The van der Waals surface area contributed by atoms with Gasteiger partial charge in [-0.15, -0.1) is 0 Å². The Morgan fingerprint density at radius 1 is 1.19 bits per heavy atom. The highest BCUT2D eigenvalue weighted by Gasteiger charge is 2.24. The maximum Gasteiger partial charge on any atom is 0.354 e. The van der Waals surface area contributed by atoms with Crippen LogP contribution in [-0.4, -0.2) is 52.2 Å². The van der Waals surface area contributed by atoms with Crippen molar-refractivity contribution < 1.29 is 24.5 Å². The van der Waals surface area contributed by atoms with Crippen molar-refractivity contribution in [2.45, 2.75) is 6.42 Å². The number of aromatic carboxylic acids is 1. The predicted molar refractivity (Wildman–Crippen MR) is 94.4 cm³/mol. The quantitative estimate of drug-likeness (QED) is 0.875. The first-order valence-corrected chi connectivity index (χ1v) is 8.05. The van der Waals surface area contributed by atoms with Gasteiger partial charge in [-0.1, -0.05) is 24.3 Å². The molecule has 26 heavy (non-hydrogen) atoms. The van der Waals surface area contributed by atoms with Gasteiger partial charge in [0.15, 0.2) is 5.69 Å². The molecule has 0 aliphatic carbocycles. The molecular weight excluding hydrogens is 336 g/mol. The van der Waals surface area contributed by atoms with Crippen LogP contribution in [0.5, 0.6) is 11.5 Å². The van der Waals surface area contributed by atoms with Gasteiger partial charge in [-0.05, 0) is 18.1 Å². The molecule has 3 rings (SSSR count). The average Bonchev–Trinajstić information content (AvgIpc) is 2.67. The second-order valence-corrected chi connectivity index (χ2v) is 5.84. The third-order valence-corrected chi connectivity index (χ3v) is 4.16. The van der Waals surface area contributed by atoms with E-state index in [1.807, 2.05) is 12.1 Å². The molecule has 134 valence electrons. The first kappa shape index (κ1) is 17.5. The van der Waals surface area contributed by atoms with E-state index in [2.05, 4.69) is 4.98 Å². The van der Waals surface area contributed by atoms with Crippen LogP contribution in [0.2, 0.25) is 0 Å². The lowest BCUT2D eigenvalue weighted by Gasteiger charge is -2.27. The van der Waals surface area contributed by atoms with Crippen LogP contribution in [0, 0.1) is 0 Å². The van der Waals surface area contributed by atoms with Gasteiger partial charge in [-0.2, -0.15) is 0 Å². The highest BCUT2D eigenvalue weighted by Crippen LogP contribution is 2.28. The van der Waals surface area contributed by atoms with Crippen LogP contribution in [0.3, 0.4) is 0 Å². The minimum absolute atomic E-state index is 0.0142. The van der Waals surface area contributed by atoms with Crippen LogP contribution in [0.15, 0.2) is 42.5 Å². The molecule has 7 heteroatoms. The second-order valence-electron chi connectivity index (χ2n) is 5.84. The van der Waals surface area contributed by atoms with Crippen LogP contribution in [0.1, 0.15) is 33.0 Å². The van der Waals surface area contributed by atoms with Crippen LogP contribution in [0.25, 0.3) is 5.57 Å². The zero-order chi connectivity index (χ0) is 18.7. The molecule has 0 bridgehead atoms. The van der Waals surface area contributed by atoms with Crippen LogP contribution < -0.4 is 4.74 Å². The summed E-state index contributed by atoms with van der Waals surface area (Å²) in [7, 11) is 1.40. The smallest absolute Gasteiger partial charge is 0.354 e. The predicted octanol–water partition coefficient (Wildman–Crippen LogP) is 2.42. The number of phenols is 1. The summed E-state index contributed by atoms with van der Waals surface area (Å²) in [6, 6.07) is 9.63. The van der Waals surface area contributed by atoms with Gasteiger partial charge in [0.25, 0.3) is 5.91 Å². The number of aromatic hydroxyl groups is 1. The number of aromatic nitrogens is 1. The number of carbonyl (C=O) groups excluding carboxylic acids is 1. The molecule has 2 N–H and O–H groups in total. The number of nitrogens with zero attached hydrogens (tertiary/aromatic N) is 2. The molecule has 0 fully saturated rings. The van der Waals surface area contributed by atoms with E-state index in [-0.39, 0.29) is 28.8 Å². The van der Waals surface area contributed by atoms with E-state index >= 15 is 0 Å². The van der Waals surface area contributed by atoms with Crippen molar-refractivity contribution in [1.29, 1.82) is 0 Å². The fourth-order valence-electron chi connectivity index (χ4n) is 2.86. The summed E-state index contributed by atoms with van der Waals surface area (Å²) < 4.78 is 5.07. The monoisotopic (exact) mass is 354 g/mol. The Morgan fingerprint density at radius 3 is 2.62 bits per heavy atom. The van der Waals surface area contributed by atoms with Crippen molar-refractivity contribution >= 4 is 17.4 Å². The zero-order valence-electron chi connectivity index (χ0n) is 14.2. The Labute approximate surface area is 150 Å². The molecule has 1 aromatic carbocycles. The molecule has 2 heterocycles. The highest BCUT2D eigenvalue weighted by atomic mass is 16.5. The number of pyridine rings is 1. The third kappa shape index (κ3) is 3.51. The number of methoxy groups -OCH3 is 1. The first-order valence-electron chi connectivity index (χ1n) is 8.05. The number of phenolic OH excluding ortho intramolecular Hbond substituents is 1. The van der Waals surface area contributed by atoms with Crippen molar-refractivity contribution in [2.24, 2.45) is 0 Å². The molecule has 0 atom stereocenters. The van der Waals surface area contributed by atoms with E-state index in [0.29, 0.717) is 25.1 Å². The number of amides is 1. The summed E-state index contributed by atoms with van der Waals surface area (Å²) in [6.07, 6.45) is 2.62. The number of carboxylic acids is 1. The van der Waals surface area contributed by atoms with E-state index in [1.165, 1.54) is 19.2 Å². The first-order chi connectivity index (χ1) is 12.5. The number of ether oxygens (including phenoxy) is 1. The molecule has 0 spiro atoms. The van der Waals surface area contributed by atoms with Gasteiger partial charge in [0.05, 0.1) is 7.11 Å². The number of hydrogen-bond acceptors (Lipinski definition) is 5. The second kappa shape index (κ2) is 7.26. The van der Waals surface area contributed by atoms with Gasteiger partial charge in [0.1, 0.15) is 17.2 Å². The maximum absolute atomic E-state index is 12.8. The average molecular weight is 354 g/mol. The van der Waals surface area contributed by atoms with Crippen LogP contribution >= 0.6 is 0 Å². The molecule has 1 aliphatic rings. The highest BCUT2D eigenvalue weighted by molar-refractivity contribution is 5.96. The summed E-state index contributed by atoms with van der Waals surface area (Å²) in [5.74, 6) is -1.20. The minimum Gasteiger partial charge on any atom is -0.507 e. The molecule has 0 unspecified atom stereocenters. The Hall–Kier alpha value is -3.35. The zero-order valence-corrected chi connectivity index (χ0v) is 14.2. The van der Waals surface area contributed by atoms with Crippen molar-refractivity contribution in [3.8, 4) is 11.5 Å². The SMILES string of the molecule is COc1cc(C(=O)O)nc(C(=O)N2CCC=C(c3ccccc3O)C2)c1. The fraction of sp³-hybridized carbons (Fsp3) is 0.211. The normalized spacial score (nSPS) is 13.9. The number of carboxylic acid groups (broad SMARTS) is 1. The maximum atomic E-state index is 12.8. The molecule has 0 radical (unpaired) electrons. The summed E-state index contributed by atoms with van der Waals surface area (Å²) in [5.41, 5.74) is 1.28. The van der Waals surface area contributed by atoms with Gasteiger partial charge >= 0.3 is 5.97 Å². The summed E-state index contributed by atoms with van der Waals surface area (Å²) in [5, 5.41) is 19.2. The van der Waals surface area contributed by atoms with Crippen molar-refractivity contribution in [1.82, 2.24) is 9.88 Å². The van der Waals surface area contributed by atoms with E-state index < -0.39 is 5.97 Å². The molecule has 1 aromatic heterocycles. The number of carbonyl (C=O) groups is 2. The Morgan fingerprint density at radius 2 is 1.92 bits per heavy atom. The molecule has 2 aromatic rings. The summed E-state index contributed by atoms with van der Waals surface area (Å²) in [4.78, 5) is 29.6. The van der Waals surface area contributed by atoms with Crippen LogP contribution in [-0.2, 0) is 0 Å². The molecule has 7 nitrogen and oxygen atoms in total. The largest absolute Gasteiger partial charge is 0.507 e. The Balaban J connectivity index is 1.87. The van der Waals surface area contributed by atoms with Crippen molar-refractivity contribution in [3.05, 3.63) is 59.4 Å². The molecule has 1 aliphatic heterocycles. The van der Waals surface area contributed by atoms with Crippen molar-refractivity contribution in [2.75, 3.05) is 20.2 Å². The van der Waals surface area contributed by atoms with Crippen molar-refractivity contribution in [3.63, 3.8) is 0 Å². The molecule has 1 amide bonds. The van der Waals surface area contributed by atoms with Gasteiger partial charge < -0.3 is 19.8 Å². The van der Waals surface area contributed by atoms with E-state index in [4.69, 9.17) is 9.84 Å². The van der Waals surface area contributed by atoms with Gasteiger partial charge in [0, 0.05) is 30.8 Å². The van der Waals surface area contributed by atoms with Gasteiger partial charge in [-0.3, -0.25) is 4.79 Å². The van der Waals surface area contributed by atoms with E-state index in [9.17, 15) is 14.7 Å². The summed E-state index contributed by atoms with van der Waals surface area (Å²) in [6.45, 7) is 0.787. The number of rotatable bonds is 4. The lowest BCUT2D eigenvalue weighted by Crippen LogP contribution is -2.36. The van der Waals surface area contributed by atoms with Gasteiger partial charge in [-0.25, -0.2) is 9.78 Å². The molecule has 0 saturated carbocycles. The van der Waals surface area contributed by atoms with E-state index in [1.54, 1.807) is 23.1 Å². The minimum atomic E-state index is -1.23. The lowest BCUT2D eigenvalue weighted by molar-refractivity contribution is 0.0689. The van der Waals surface area contributed by atoms with Gasteiger partial charge in [0.2, 0.25) is 0 Å². The molecular formula is C19H18N2O5. The Bertz CT molecular complexity index is 891.